The lowest BCUT2D eigenvalue weighted by Crippen LogP contribution is -2.21. The average molecular weight is 225 g/mol. The SMILES string of the molecule is CC1CC1CN(C)Cc1cccnc1Cl. The van der Waals surface area contributed by atoms with Gasteiger partial charge < -0.3 is 4.90 Å². The molecule has 2 nitrogen and oxygen atoms in total. The average Bonchev–Trinajstić information content (AvgIpc) is 2.86. The minimum atomic E-state index is 0.633. The molecule has 1 heterocycles. The van der Waals surface area contributed by atoms with E-state index >= 15 is 0 Å². The van der Waals surface area contributed by atoms with Crippen molar-refractivity contribution in [2.75, 3.05) is 13.6 Å². The van der Waals surface area contributed by atoms with Gasteiger partial charge in [-0.2, -0.15) is 0 Å². The molecular weight excluding hydrogens is 208 g/mol. The monoisotopic (exact) mass is 224 g/mol. The summed E-state index contributed by atoms with van der Waals surface area (Å²) in [6, 6.07) is 3.98. The minimum Gasteiger partial charge on any atom is -0.302 e. The van der Waals surface area contributed by atoms with Crippen molar-refractivity contribution in [3.05, 3.63) is 29.0 Å². The van der Waals surface area contributed by atoms with Crippen molar-refractivity contribution < 1.29 is 0 Å². The van der Waals surface area contributed by atoms with Crippen LogP contribution in [0.25, 0.3) is 0 Å². The topological polar surface area (TPSA) is 16.1 Å². The van der Waals surface area contributed by atoms with Gasteiger partial charge in [-0.15, -0.1) is 0 Å². The molecule has 82 valence electrons. The molecule has 1 aliphatic rings. The molecule has 0 aliphatic heterocycles. The van der Waals surface area contributed by atoms with Gasteiger partial charge in [0.05, 0.1) is 0 Å². The fourth-order valence-corrected chi connectivity index (χ4v) is 2.13. The third kappa shape index (κ3) is 2.93. The smallest absolute Gasteiger partial charge is 0.133 e. The van der Waals surface area contributed by atoms with E-state index in [1.54, 1.807) is 6.20 Å². The van der Waals surface area contributed by atoms with Crippen molar-refractivity contribution in [3.8, 4) is 0 Å². The molecule has 0 aromatic carbocycles. The molecule has 15 heavy (non-hydrogen) atoms. The summed E-state index contributed by atoms with van der Waals surface area (Å²) in [5.74, 6) is 1.81. The van der Waals surface area contributed by atoms with Crippen LogP contribution in [0.2, 0.25) is 5.15 Å². The number of pyridine rings is 1. The van der Waals surface area contributed by atoms with Crippen LogP contribution in [0.3, 0.4) is 0 Å². The lowest BCUT2D eigenvalue weighted by Gasteiger charge is -2.16. The van der Waals surface area contributed by atoms with E-state index in [-0.39, 0.29) is 0 Å². The summed E-state index contributed by atoms with van der Waals surface area (Å²) >= 11 is 6.01. The zero-order chi connectivity index (χ0) is 10.8. The summed E-state index contributed by atoms with van der Waals surface area (Å²) in [6.45, 7) is 4.39. The van der Waals surface area contributed by atoms with Crippen LogP contribution in [0.1, 0.15) is 18.9 Å². The summed E-state index contributed by atoms with van der Waals surface area (Å²) < 4.78 is 0. The van der Waals surface area contributed by atoms with Gasteiger partial charge in [0.1, 0.15) is 5.15 Å². The number of nitrogens with zero attached hydrogens (tertiary/aromatic N) is 2. The molecule has 3 heteroatoms. The summed E-state index contributed by atoms with van der Waals surface area (Å²) in [5.41, 5.74) is 1.12. The van der Waals surface area contributed by atoms with Crippen LogP contribution in [0.15, 0.2) is 18.3 Å². The van der Waals surface area contributed by atoms with Crippen molar-refractivity contribution >= 4 is 11.6 Å². The lowest BCUT2D eigenvalue weighted by molar-refractivity contribution is 0.307. The van der Waals surface area contributed by atoms with Crippen LogP contribution < -0.4 is 0 Å². The van der Waals surface area contributed by atoms with Gasteiger partial charge in [-0.3, -0.25) is 0 Å². The van der Waals surface area contributed by atoms with E-state index in [9.17, 15) is 0 Å². The van der Waals surface area contributed by atoms with Gasteiger partial charge in [0.2, 0.25) is 0 Å². The van der Waals surface area contributed by atoms with Gasteiger partial charge in [-0.25, -0.2) is 4.98 Å². The molecule has 0 N–H and O–H groups in total. The first-order valence-electron chi connectivity index (χ1n) is 5.44. The highest BCUT2D eigenvalue weighted by atomic mass is 35.5. The molecular formula is C12H17ClN2. The van der Waals surface area contributed by atoms with E-state index in [4.69, 9.17) is 11.6 Å². The van der Waals surface area contributed by atoms with Crippen LogP contribution in [0, 0.1) is 11.8 Å². The third-order valence-corrected chi connectivity index (χ3v) is 3.44. The molecule has 2 rings (SSSR count). The van der Waals surface area contributed by atoms with Crippen LogP contribution in [0.4, 0.5) is 0 Å². The molecule has 0 amide bonds. The fourth-order valence-electron chi connectivity index (χ4n) is 1.95. The summed E-state index contributed by atoms with van der Waals surface area (Å²) in [4.78, 5) is 6.41. The molecule has 2 atom stereocenters. The molecule has 0 radical (unpaired) electrons. The number of aromatic nitrogens is 1. The van der Waals surface area contributed by atoms with E-state index in [0.29, 0.717) is 5.15 Å². The molecule has 2 unspecified atom stereocenters. The number of rotatable bonds is 4. The van der Waals surface area contributed by atoms with Crippen molar-refractivity contribution in [2.24, 2.45) is 11.8 Å². The molecule has 1 aromatic heterocycles. The Labute approximate surface area is 96.3 Å². The van der Waals surface area contributed by atoms with Gasteiger partial charge in [0, 0.05) is 24.8 Å². The van der Waals surface area contributed by atoms with E-state index in [1.165, 1.54) is 13.0 Å². The Hall–Kier alpha value is -0.600. The Balaban J connectivity index is 1.88. The molecule has 1 aromatic rings. The predicted octanol–water partition coefficient (Wildman–Crippen LogP) is 2.82. The number of hydrogen-bond acceptors (Lipinski definition) is 2. The zero-order valence-electron chi connectivity index (χ0n) is 9.28. The molecule has 0 spiro atoms. The minimum absolute atomic E-state index is 0.633. The molecule has 1 fully saturated rings. The maximum Gasteiger partial charge on any atom is 0.133 e. The Morgan fingerprint density at radius 3 is 2.93 bits per heavy atom. The van der Waals surface area contributed by atoms with Gasteiger partial charge in [0.25, 0.3) is 0 Å². The highest BCUT2D eigenvalue weighted by Crippen LogP contribution is 2.38. The molecule has 1 saturated carbocycles. The maximum atomic E-state index is 6.01. The highest BCUT2D eigenvalue weighted by Gasteiger charge is 2.33. The Kier molecular flexibility index (Phi) is 3.27. The first-order chi connectivity index (χ1) is 7.16. The van der Waals surface area contributed by atoms with Crippen LogP contribution in [-0.2, 0) is 6.54 Å². The first kappa shape index (κ1) is 10.9. The van der Waals surface area contributed by atoms with Gasteiger partial charge in [-0.05, 0) is 31.4 Å². The van der Waals surface area contributed by atoms with Crippen molar-refractivity contribution in [1.29, 1.82) is 0 Å². The summed E-state index contributed by atoms with van der Waals surface area (Å²) in [5, 5.41) is 0.633. The van der Waals surface area contributed by atoms with Gasteiger partial charge in [0.15, 0.2) is 0 Å². The van der Waals surface area contributed by atoms with Gasteiger partial charge >= 0.3 is 0 Å². The summed E-state index contributed by atoms with van der Waals surface area (Å²) in [6.07, 6.45) is 3.11. The van der Waals surface area contributed by atoms with Crippen LogP contribution in [-0.4, -0.2) is 23.5 Å². The molecule has 1 aliphatic carbocycles. The lowest BCUT2D eigenvalue weighted by atomic mass is 10.2. The standard InChI is InChI=1S/C12H17ClN2/c1-9-6-11(9)8-15(2)7-10-4-3-5-14-12(10)13/h3-5,9,11H,6-8H2,1-2H3. The maximum absolute atomic E-state index is 6.01. The van der Waals surface area contributed by atoms with E-state index in [1.807, 2.05) is 12.1 Å². The Morgan fingerprint density at radius 1 is 1.60 bits per heavy atom. The van der Waals surface area contributed by atoms with Crippen LogP contribution >= 0.6 is 11.6 Å². The number of hydrogen-bond donors (Lipinski definition) is 0. The normalized spacial score (nSPS) is 24.5. The third-order valence-electron chi connectivity index (χ3n) is 3.10. The number of halogens is 1. The zero-order valence-corrected chi connectivity index (χ0v) is 10.0. The highest BCUT2D eigenvalue weighted by molar-refractivity contribution is 6.30. The van der Waals surface area contributed by atoms with Crippen LogP contribution in [0.5, 0.6) is 0 Å². The molecule has 0 bridgehead atoms. The largest absolute Gasteiger partial charge is 0.302 e. The van der Waals surface area contributed by atoms with Crippen molar-refractivity contribution in [2.45, 2.75) is 19.9 Å². The second-order valence-corrected chi connectivity index (χ2v) is 4.98. The van der Waals surface area contributed by atoms with Crippen molar-refractivity contribution in [1.82, 2.24) is 9.88 Å². The second kappa shape index (κ2) is 4.50. The van der Waals surface area contributed by atoms with Crippen molar-refractivity contribution in [3.63, 3.8) is 0 Å². The fraction of sp³-hybridized carbons (Fsp3) is 0.583. The predicted molar refractivity (Wildman–Crippen MR) is 62.9 cm³/mol. The van der Waals surface area contributed by atoms with Gasteiger partial charge in [-0.1, -0.05) is 24.6 Å². The molecule has 0 saturated heterocycles. The second-order valence-electron chi connectivity index (χ2n) is 4.62. The quantitative estimate of drug-likeness (QED) is 0.732. The van der Waals surface area contributed by atoms with E-state index < -0.39 is 0 Å². The van der Waals surface area contributed by atoms with E-state index in [0.717, 1.165) is 23.9 Å². The first-order valence-corrected chi connectivity index (χ1v) is 5.82. The van der Waals surface area contributed by atoms with E-state index in [2.05, 4.69) is 23.9 Å². The summed E-state index contributed by atoms with van der Waals surface area (Å²) in [7, 11) is 2.15. The Morgan fingerprint density at radius 2 is 2.33 bits per heavy atom. The Bertz CT molecular complexity index is 340.